The van der Waals surface area contributed by atoms with Gasteiger partial charge in [-0.05, 0) is 103 Å². The van der Waals surface area contributed by atoms with Crippen LogP contribution in [0, 0.1) is 0 Å². The number of carbonyl (C=O) groups excluding carboxylic acids is 2. The summed E-state index contributed by atoms with van der Waals surface area (Å²) in [7, 11) is -4.40. The minimum atomic E-state index is -4.40. The summed E-state index contributed by atoms with van der Waals surface area (Å²) in [6.45, 7) is 3.66. The number of unbranched alkanes of at least 4 members (excludes halogenated alkanes) is 41. The molecule has 0 amide bonds. The molecule has 0 aliphatic rings. The summed E-state index contributed by atoms with van der Waals surface area (Å²) in [5.74, 6) is -0.814. The first-order chi connectivity index (χ1) is 44.8. The van der Waals surface area contributed by atoms with Crippen LogP contribution >= 0.6 is 7.82 Å². The maximum Gasteiger partial charge on any atom is 0.472 e. The second-order valence-electron chi connectivity index (χ2n) is 25.5. The number of hydrogen-bond donors (Lipinski definition) is 2. The predicted molar refractivity (Wildman–Crippen MR) is 395 cm³/mol. The van der Waals surface area contributed by atoms with Crippen LogP contribution in [-0.2, 0) is 32.7 Å². The van der Waals surface area contributed by atoms with Gasteiger partial charge in [-0.25, -0.2) is 4.57 Å². The molecule has 9 nitrogen and oxygen atoms in total. The highest BCUT2D eigenvalue weighted by Crippen LogP contribution is 2.43. The summed E-state index contributed by atoms with van der Waals surface area (Å²) in [6, 6.07) is 0. The molecule has 2 unspecified atom stereocenters. The van der Waals surface area contributed by atoms with E-state index in [0.29, 0.717) is 6.42 Å². The molecule has 0 saturated heterocycles. The first-order valence-electron chi connectivity index (χ1n) is 38.4. The molecule has 0 fully saturated rings. The molecule has 526 valence electrons. The van der Waals surface area contributed by atoms with E-state index in [1.807, 2.05) is 0 Å². The van der Waals surface area contributed by atoms with Gasteiger partial charge in [0.2, 0.25) is 0 Å². The van der Waals surface area contributed by atoms with Gasteiger partial charge in [0.25, 0.3) is 0 Å². The Morgan fingerprint density at radius 2 is 0.604 bits per heavy atom. The van der Waals surface area contributed by atoms with Gasteiger partial charge in [0.1, 0.15) is 6.61 Å². The van der Waals surface area contributed by atoms with Crippen LogP contribution in [0.2, 0.25) is 0 Å². The lowest BCUT2D eigenvalue weighted by atomic mass is 10.0. The molecule has 0 aromatic heterocycles. The van der Waals surface area contributed by atoms with Gasteiger partial charge in [0.05, 0.1) is 13.2 Å². The van der Waals surface area contributed by atoms with Crippen LogP contribution in [0.25, 0.3) is 0 Å². The fourth-order valence-corrected chi connectivity index (χ4v) is 11.8. The molecule has 0 saturated carbocycles. The van der Waals surface area contributed by atoms with Crippen molar-refractivity contribution in [3.05, 3.63) is 109 Å². The third kappa shape index (κ3) is 75.6. The molecule has 0 bridgehead atoms. The first-order valence-corrected chi connectivity index (χ1v) is 39.9. The van der Waals surface area contributed by atoms with Gasteiger partial charge in [-0.15, -0.1) is 0 Å². The Morgan fingerprint density at radius 1 is 0.341 bits per heavy atom. The lowest BCUT2D eigenvalue weighted by Gasteiger charge is -2.19. The topological polar surface area (TPSA) is 134 Å². The number of phosphoric ester groups is 1. The van der Waals surface area contributed by atoms with Crippen LogP contribution in [-0.4, -0.2) is 49.3 Å². The van der Waals surface area contributed by atoms with Gasteiger partial charge < -0.3 is 20.1 Å². The lowest BCUT2D eigenvalue weighted by Crippen LogP contribution is -2.29. The van der Waals surface area contributed by atoms with E-state index < -0.39 is 26.5 Å². The van der Waals surface area contributed by atoms with Crippen molar-refractivity contribution in [1.29, 1.82) is 0 Å². The Labute approximate surface area is 562 Å². The zero-order valence-corrected chi connectivity index (χ0v) is 60.2. The average Bonchev–Trinajstić information content (AvgIpc) is 3.74. The lowest BCUT2D eigenvalue weighted by molar-refractivity contribution is -0.161. The van der Waals surface area contributed by atoms with E-state index in [1.54, 1.807) is 0 Å². The Kier molecular flexibility index (Phi) is 72.9. The van der Waals surface area contributed by atoms with Gasteiger partial charge in [-0.1, -0.05) is 354 Å². The van der Waals surface area contributed by atoms with Gasteiger partial charge >= 0.3 is 19.8 Å². The molecular formula is C81H144NO8P. The number of nitrogens with two attached hydrogens (primary N) is 1. The van der Waals surface area contributed by atoms with Gasteiger partial charge in [0, 0.05) is 19.4 Å². The van der Waals surface area contributed by atoms with E-state index >= 15 is 0 Å². The van der Waals surface area contributed by atoms with Crippen LogP contribution in [0.1, 0.15) is 361 Å². The molecule has 3 N–H and O–H groups in total. The van der Waals surface area contributed by atoms with Crippen molar-refractivity contribution in [2.75, 3.05) is 26.4 Å². The van der Waals surface area contributed by atoms with E-state index in [4.69, 9.17) is 24.3 Å². The second kappa shape index (κ2) is 75.7. The standard InChI is InChI=1S/C81H144NO8P/c1-3-5-7-9-11-13-15-17-19-21-23-25-27-29-31-33-35-37-38-39-40-42-44-46-48-50-52-54-56-58-60-62-64-66-68-70-72-74-81(84)90-79(78-89-91(85,86)88-76-75-82)77-87-80(83)73-71-69-67-65-63-61-59-57-55-53-51-49-47-45-43-41-36-34-32-30-28-26-24-22-20-18-16-14-12-10-8-6-4-2/h5,7,11,13,16-19,22-25,28-31,35,37,79H,3-4,6,8-10,12,14-15,20-21,26-27,32-34,36,38-78,82H2,1-2H3,(H,85,86)/b7-5-,13-11-,18-16-,19-17-,24-22-,25-23-,30-28-,31-29-,37-35-. The van der Waals surface area contributed by atoms with Gasteiger partial charge in [-0.2, -0.15) is 0 Å². The summed E-state index contributed by atoms with van der Waals surface area (Å²) in [6.07, 6.45) is 105. The molecule has 0 aliphatic heterocycles. The number of ether oxygens (including phenoxy) is 2. The molecule has 0 aromatic rings. The van der Waals surface area contributed by atoms with Gasteiger partial charge in [0.15, 0.2) is 6.10 Å². The van der Waals surface area contributed by atoms with Crippen LogP contribution in [0.5, 0.6) is 0 Å². The Bertz CT molecular complexity index is 1860. The summed E-state index contributed by atoms with van der Waals surface area (Å²) >= 11 is 0. The third-order valence-electron chi connectivity index (χ3n) is 16.6. The van der Waals surface area contributed by atoms with Crippen molar-refractivity contribution >= 4 is 19.8 Å². The van der Waals surface area contributed by atoms with E-state index in [-0.39, 0.29) is 38.6 Å². The fraction of sp³-hybridized carbons (Fsp3) is 0.753. The Hall–Kier alpha value is -3.33. The molecule has 0 heterocycles. The summed E-state index contributed by atoms with van der Waals surface area (Å²) in [5.41, 5.74) is 5.41. The monoisotopic (exact) mass is 1290 g/mol. The molecule has 0 radical (unpaired) electrons. The van der Waals surface area contributed by atoms with Crippen LogP contribution in [0.15, 0.2) is 109 Å². The Balaban J connectivity index is 3.82. The number of esters is 2. The maximum atomic E-state index is 12.8. The molecule has 0 aromatic carbocycles. The number of allylic oxidation sites excluding steroid dienone is 18. The molecule has 10 heteroatoms. The van der Waals surface area contributed by atoms with Crippen molar-refractivity contribution in [1.82, 2.24) is 0 Å². The normalized spacial score (nSPS) is 13.5. The quantitative estimate of drug-likeness (QED) is 0.0264. The van der Waals surface area contributed by atoms with E-state index in [1.165, 1.54) is 238 Å². The maximum absolute atomic E-state index is 12.8. The number of rotatable bonds is 72. The second-order valence-corrected chi connectivity index (χ2v) is 26.9. The molecule has 91 heavy (non-hydrogen) atoms. The van der Waals surface area contributed by atoms with Gasteiger partial charge in [-0.3, -0.25) is 18.6 Å². The van der Waals surface area contributed by atoms with E-state index in [9.17, 15) is 19.0 Å². The number of phosphoric acid groups is 1. The van der Waals surface area contributed by atoms with Crippen molar-refractivity contribution in [2.45, 2.75) is 367 Å². The fourth-order valence-electron chi connectivity index (χ4n) is 11.0. The van der Waals surface area contributed by atoms with Crippen LogP contribution in [0.3, 0.4) is 0 Å². The van der Waals surface area contributed by atoms with Crippen molar-refractivity contribution < 1.29 is 37.6 Å². The summed E-state index contributed by atoms with van der Waals surface area (Å²) in [4.78, 5) is 35.4. The largest absolute Gasteiger partial charge is 0.472 e. The van der Waals surface area contributed by atoms with Crippen molar-refractivity contribution in [3.63, 3.8) is 0 Å². The minimum absolute atomic E-state index is 0.0520. The molecule has 0 aliphatic carbocycles. The van der Waals surface area contributed by atoms with Crippen LogP contribution < -0.4 is 5.73 Å². The molecular weight excluding hydrogens is 1150 g/mol. The zero-order chi connectivity index (χ0) is 65.8. The highest BCUT2D eigenvalue weighted by Gasteiger charge is 2.26. The smallest absolute Gasteiger partial charge is 0.462 e. The SMILES string of the molecule is CC/C=C\C/C=C\C/C=C\C/C=C\C/C=C\C/C=C\CCCCCCCCCCCCCCCCCCCCC(=O)OC(COC(=O)CCCCCCCCCCCCCCCCCCCC/C=C\C/C=C\C/C=C\CCCCCCC)COP(=O)(O)OCCN. The average molecular weight is 1290 g/mol. The third-order valence-corrected chi connectivity index (χ3v) is 17.6. The highest BCUT2D eigenvalue weighted by atomic mass is 31.2. The first kappa shape index (κ1) is 87.7. The highest BCUT2D eigenvalue weighted by molar-refractivity contribution is 7.47. The molecule has 2 atom stereocenters. The predicted octanol–water partition coefficient (Wildman–Crippen LogP) is 25.6. The number of hydrogen-bond acceptors (Lipinski definition) is 8. The van der Waals surface area contributed by atoms with E-state index in [0.717, 1.165) is 89.9 Å². The summed E-state index contributed by atoms with van der Waals surface area (Å²) in [5, 5.41) is 0. The van der Waals surface area contributed by atoms with Crippen molar-refractivity contribution in [2.24, 2.45) is 5.73 Å². The Morgan fingerprint density at radius 3 is 0.901 bits per heavy atom. The summed E-state index contributed by atoms with van der Waals surface area (Å²) < 4.78 is 33.3. The molecule has 0 spiro atoms. The van der Waals surface area contributed by atoms with Crippen LogP contribution in [0.4, 0.5) is 0 Å². The number of carbonyl (C=O) groups is 2. The zero-order valence-electron chi connectivity index (χ0n) is 59.3. The van der Waals surface area contributed by atoms with E-state index in [2.05, 4.69) is 123 Å². The molecule has 0 rings (SSSR count). The van der Waals surface area contributed by atoms with Crippen molar-refractivity contribution in [3.8, 4) is 0 Å². The minimum Gasteiger partial charge on any atom is -0.462 e.